The number of anilines is 2. The summed E-state index contributed by atoms with van der Waals surface area (Å²) in [6.07, 6.45) is 2.77. The molecule has 1 aliphatic carbocycles. The van der Waals surface area contributed by atoms with Crippen LogP contribution in [0.3, 0.4) is 0 Å². The van der Waals surface area contributed by atoms with Gasteiger partial charge >= 0.3 is 6.03 Å². The summed E-state index contributed by atoms with van der Waals surface area (Å²) < 4.78 is 0. The molecule has 0 unspecified atom stereocenters. The van der Waals surface area contributed by atoms with E-state index >= 15 is 0 Å². The van der Waals surface area contributed by atoms with Gasteiger partial charge in [-0.15, -0.1) is 0 Å². The van der Waals surface area contributed by atoms with Gasteiger partial charge in [0.25, 0.3) is 0 Å². The third-order valence-corrected chi connectivity index (χ3v) is 5.46. The van der Waals surface area contributed by atoms with Gasteiger partial charge in [-0.1, -0.05) is 29.8 Å². The van der Waals surface area contributed by atoms with Gasteiger partial charge in [0, 0.05) is 30.6 Å². The molecule has 6 heteroatoms. The fourth-order valence-corrected chi connectivity index (χ4v) is 3.79. The highest BCUT2D eigenvalue weighted by atomic mass is 35.5. The third kappa shape index (κ3) is 4.14. The smallest absolute Gasteiger partial charge is 0.324 e. The summed E-state index contributed by atoms with van der Waals surface area (Å²) in [7, 11) is 0. The normalized spacial score (nSPS) is 17.0. The highest BCUT2D eigenvalue weighted by molar-refractivity contribution is 6.30. The predicted octanol–water partition coefficient (Wildman–Crippen LogP) is 4.83. The van der Waals surface area contributed by atoms with E-state index in [1.807, 2.05) is 54.3 Å². The van der Waals surface area contributed by atoms with E-state index in [2.05, 4.69) is 5.32 Å². The number of halogens is 1. The molecule has 0 atom stereocenters. The summed E-state index contributed by atoms with van der Waals surface area (Å²) in [6.45, 7) is 3.85. The molecule has 0 radical (unpaired) electrons. The van der Waals surface area contributed by atoms with E-state index in [0.717, 1.165) is 41.8 Å². The molecular weight excluding hydrogens is 374 g/mol. The summed E-state index contributed by atoms with van der Waals surface area (Å²) in [5.74, 6) is 0.164. The molecule has 2 aromatic carbocycles. The summed E-state index contributed by atoms with van der Waals surface area (Å²) >= 11 is 6.08. The second kappa shape index (κ2) is 7.84. The van der Waals surface area contributed by atoms with E-state index in [9.17, 15) is 9.59 Å². The average molecular weight is 398 g/mol. The molecule has 0 spiro atoms. The van der Waals surface area contributed by atoms with E-state index in [0.29, 0.717) is 24.7 Å². The zero-order valence-corrected chi connectivity index (χ0v) is 16.7. The van der Waals surface area contributed by atoms with Gasteiger partial charge in [-0.3, -0.25) is 9.69 Å². The maximum atomic E-state index is 13.2. The van der Waals surface area contributed by atoms with Crippen LogP contribution in [0, 0.1) is 12.8 Å². The SMILES string of the molecule is Cc1ccc(N2CCCN(Cc3cccc(Cl)c3)C2=O)c(NC(=O)C2CC2)c1. The summed E-state index contributed by atoms with van der Waals surface area (Å²) in [6, 6.07) is 13.4. The highest BCUT2D eigenvalue weighted by Gasteiger charge is 2.32. The number of benzene rings is 2. The molecule has 28 heavy (non-hydrogen) atoms. The van der Waals surface area contributed by atoms with Crippen LogP contribution in [0.5, 0.6) is 0 Å². The first kappa shape index (κ1) is 18.8. The van der Waals surface area contributed by atoms with Crippen molar-refractivity contribution in [3.05, 3.63) is 58.6 Å². The van der Waals surface area contributed by atoms with Crippen LogP contribution in [0.4, 0.5) is 16.2 Å². The minimum Gasteiger partial charge on any atom is -0.324 e. The van der Waals surface area contributed by atoms with Crippen LogP contribution in [0.1, 0.15) is 30.4 Å². The molecule has 1 heterocycles. The Kier molecular flexibility index (Phi) is 5.27. The molecule has 2 aliphatic rings. The number of hydrogen-bond acceptors (Lipinski definition) is 2. The summed E-state index contributed by atoms with van der Waals surface area (Å²) in [5, 5.41) is 3.70. The number of rotatable bonds is 5. The van der Waals surface area contributed by atoms with Gasteiger partial charge in [0.15, 0.2) is 0 Å². The molecule has 1 saturated carbocycles. The van der Waals surface area contributed by atoms with Crippen molar-refractivity contribution < 1.29 is 9.59 Å². The van der Waals surface area contributed by atoms with E-state index in [4.69, 9.17) is 11.6 Å². The quantitative estimate of drug-likeness (QED) is 0.785. The number of nitrogens with zero attached hydrogens (tertiary/aromatic N) is 2. The first-order valence-corrected chi connectivity index (χ1v) is 10.1. The Bertz CT molecular complexity index is 910. The van der Waals surface area contributed by atoms with Crippen LogP contribution >= 0.6 is 11.6 Å². The van der Waals surface area contributed by atoms with Crippen LogP contribution in [-0.4, -0.2) is 29.9 Å². The van der Waals surface area contributed by atoms with Crippen molar-refractivity contribution in [1.82, 2.24) is 4.90 Å². The number of carbonyl (C=O) groups excluding carboxylic acids is 2. The molecule has 146 valence electrons. The fourth-order valence-electron chi connectivity index (χ4n) is 3.57. The Balaban J connectivity index is 1.56. The van der Waals surface area contributed by atoms with Gasteiger partial charge in [-0.2, -0.15) is 0 Å². The largest absolute Gasteiger partial charge is 0.324 e. The topological polar surface area (TPSA) is 52.6 Å². The number of carbonyl (C=O) groups is 2. The van der Waals surface area contributed by atoms with Gasteiger partial charge in [-0.05, 0) is 61.6 Å². The lowest BCUT2D eigenvalue weighted by Gasteiger charge is -2.36. The van der Waals surface area contributed by atoms with Crippen LogP contribution < -0.4 is 10.2 Å². The Morgan fingerprint density at radius 2 is 2.00 bits per heavy atom. The Labute approximate surface area is 170 Å². The number of aryl methyl sites for hydroxylation is 1. The second-order valence-corrected chi connectivity index (χ2v) is 8.06. The second-order valence-electron chi connectivity index (χ2n) is 7.62. The number of amides is 3. The zero-order chi connectivity index (χ0) is 19.7. The van der Waals surface area contributed by atoms with Crippen molar-refractivity contribution in [2.45, 2.75) is 32.7 Å². The minimum atomic E-state index is -0.0444. The standard InChI is InChI=1S/C22H24ClN3O2/c1-15-6-9-20(19(12-15)24-21(27)17-7-8-17)26-11-3-10-25(22(26)28)14-16-4-2-5-18(23)13-16/h2,4-6,9,12-13,17H,3,7-8,10-11,14H2,1H3,(H,24,27). The van der Waals surface area contributed by atoms with Crippen molar-refractivity contribution in [3.63, 3.8) is 0 Å². The Morgan fingerprint density at radius 3 is 2.75 bits per heavy atom. The highest BCUT2D eigenvalue weighted by Crippen LogP contribution is 2.34. The molecule has 2 aromatic rings. The molecule has 5 nitrogen and oxygen atoms in total. The molecule has 0 aromatic heterocycles. The molecule has 4 rings (SSSR count). The molecule has 2 fully saturated rings. The van der Waals surface area contributed by atoms with Crippen molar-refractivity contribution in [3.8, 4) is 0 Å². The van der Waals surface area contributed by atoms with Crippen LogP contribution in [0.15, 0.2) is 42.5 Å². The van der Waals surface area contributed by atoms with Crippen molar-refractivity contribution in [2.24, 2.45) is 5.92 Å². The molecule has 1 saturated heterocycles. The van der Waals surface area contributed by atoms with Gasteiger partial charge in [0.1, 0.15) is 0 Å². The lowest BCUT2D eigenvalue weighted by molar-refractivity contribution is -0.117. The lowest BCUT2D eigenvalue weighted by Crippen LogP contribution is -2.49. The van der Waals surface area contributed by atoms with Crippen molar-refractivity contribution in [2.75, 3.05) is 23.3 Å². The van der Waals surface area contributed by atoms with Crippen molar-refractivity contribution >= 4 is 34.9 Å². The van der Waals surface area contributed by atoms with Gasteiger partial charge in [0.2, 0.25) is 5.91 Å². The van der Waals surface area contributed by atoms with Crippen LogP contribution in [0.25, 0.3) is 0 Å². The molecular formula is C22H24ClN3O2. The third-order valence-electron chi connectivity index (χ3n) is 5.22. The van der Waals surface area contributed by atoms with E-state index in [-0.39, 0.29) is 17.9 Å². The number of nitrogens with one attached hydrogen (secondary N) is 1. The van der Waals surface area contributed by atoms with Gasteiger partial charge in [0.05, 0.1) is 11.4 Å². The number of urea groups is 1. The zero-order valence-electron chi connectivity index (χ0n) is 16.0. The van der Waals surface area contributed by atoms with Gasteiger partial charge in [-0.25, -0.2) is 4.79 Å². The maximum absolute atomic E-state index is 13.2. The first-order valence-electron chi connectivity index (χ1n) is 9.73. The number of hydrogen-bond donors (Lipinski definition) is 1. The molecule has 1 N–H and O–H groups in total. The fraction of sp³-hybridized carbons (Fsp3) is 0.364. The van der Waals surface area contributed by atoms with Crippen LogP contribution in [-0.2, 0) is 11.3 Å². The first-order chi connectivity index (χ1) is 13.5. The molecule has 1 aliphatic heterocycles. The molecule has 0 bridgehead atoms. The predicted molar refractivity (Wildman–Crippen MR) is 112 cm³/mol. The Hall–Kier alpha value is -2.53. The maximum Gasteiger partial charge on any atom is 0.324 e. The summed E-state index contributed by atoms with van der Waals surface area (Å²) in [4.78, 5) is 29.1. The lowest BCUT2D eigenvalue weighted by atomic mass is 10.1. The Morgan fingerprint density at radius 1 is 1.18 bits per heavy atom. The minimum absolute atomic E-state index is 0.0444. The molecule has 3 amide bonds. The monoisotopic (exact) mass is 397 g/mol. The average Bonchev–Trinajstić information content (AvgIpc) is 3.49. The van der Waals surface area contributed by atoms with E-state index in [1.165, 1.54) is 0 Å². The van der Waals surface area contributed by atoms with Crippen LogP contribution in [0.2, 0.25) is 5.02 Å². The van der Waals surface area contributed by atoms with E-state index < -0.39 is 0 Å². The van der Waals surface area contributed by atoms with E-state index in [1.54, 1.807) is 4.90 Å². The van der Waals surface area contributed by atoms with Crippen molar-refractivity contribution in [1.29, 1.82) is 0 Å². The summed E-state index contributed by atoms with van der Waals surface area (Å²) in [5.41, 5.74) is 3.54. The van der Waals surface area contributed by atoms with Gasteiger partial charge < -0.3 is 10.2 Å².